The monoisotopic (exact) mass is 304 g/mol. The molecule has 6 heteroatoms. The minimum atomic E-state index is 0.0483. The lowest BCUT2D eigenvalue weighted by atomic mass is 10.4. The molecule has 0 bridgehead atoms. The maximum absolute atomic E-state index is 5.69. The topological polar surface area (TPSA) is 62.0 Å². The van der Waals surface area contributed by atoms with Crippen LogP contribution in [0, 0.1) is 0 Å². The first-order chi connectivity index (χ1) is 10.1. The Kier molecular flexibility index (Phi) is 7.36. The predicted octanol–water partition coefficient (Wildman–Crippen LogP) is 1.02. The van der Waals surface area contributed by atoms with E-state index in [1.165, 1.54) is 0 Å². The van der Waals surface area contributed by atoms with Crippen molar-refractivity contribution in [3.8, 4) is 0 Å². The smallest absolute Gasteiger partial charge is 0.104 e. The van der Waals surface area contributed by atoms with Crippen LogP contribution in [-0.4, -0.2) is 76.8 Å². The summed E-state index contributed by atoms with van der Waals surface area (Å²) < 4.78 is 32.7. The van der Waals surface area contributed by atoms with Gasteiger partial charge in [-0.05, 0) is 20.8 Å². The predicted molar refractivity (Wildman–Crippen MR) is 76.5 cm³/mol. The maximum Gasteiger partial charge on any atom is 0.104 e. The summed E-state index contributed by atoms with van der Waals surface area (Å²) in [6, 6.07) is 0. The van der Waals surface area contributed by atoms with Crippen molar-refractivity contribution in [1.29, 1.82) is 0 Å². The lowest BCUT2D eigenvalue weighted by Gasteiger charge is -2.19. The Morgan fingerprint density at radius 1 is 0.762 bits per heavy atom. The molecule has 0 aromatic rings. The lowest BCUT2D eigenvalue weighted by molar-refractivity contribution is -0.0738. The van der Waals surface area contributed by atoms with E-state index in [1.807, 2.05) is 20.8 Å². The molecule has 2 fully saturated rings. The van der Waals surface area contributed by atoms with Gasteiger partial charge in [-0.2, -0.15) is 0 Å². The fraction of sp³-hybridized carbons (Fsp3) is 1.00. The molecule has 0 N–H and O–H groups in total. The lowest BCUT2D eigenvalue weighted by Crippen LogP contribution is -2.26. The van der Waals surface area contributed by atoms with Gasteiger partial charge in [-0.15, -0.1) is 0 Å². The van der Waals surface area contributed by atoms with Crippen molar-refractivity contribution in [2.75, 3.05) is 46.2 Å². The van der Waals surface area contributed by atoms with Gasteiger partial charge >= 0.3 is 0 Å². The molecule has 2 aliphatic rings. The standard InChI is InChI=1S/C15H28O6/c1-11(17-6-13(3)19-8-15-10-21-15)4-16-5-12(2)18-7-14-9-20-14/h11-15H,4-10H2,1-3H3. The van der Waals surface area contributed by atoms with Crippen LogP contribution in [0.5, 0.6) is 0 Å². The molecule has 2 rings (SSSR count). The SMILES string of the molecule is CC(COCC(C)OCC1CO1)OCC(C)OCC1CO1. The minimum absolute atomic E-state index is 0.0483. The molecule has 0 aromatic carbocycles. The highest BCUT2D eigenvalue weighted by Crippen LogP contribution is 2.11. The maximum atomic E-state index is 5.69. The summed E-state index contributed by atoms with van der Waals surface area (Å²) in [7, 11) is 0. The quantitative estimate of drug-likeness (QED) is 0.473. The molecule has 2 aliphatic heterocycles. The van der Waals surface area contributed by atoms with Crippen molar-refractivity contribution in [3.63, 3.8) is 0 Å². The van der Waals surface area contributed by atoms with Crippen LogP contribution in [0.1, 0.15) is 20.8 Å². The van der Waals surface area contributed by atoms with Crippen LogP contribution in [0.3, 0.4) is 0 Å². The van der Waals surface area contributed by atoms with Gasteiger partial charge in [-0.1, -0.05) is 0 Å². The fourth-order valence-electron chi connectivity index (χ4n) is 1.72. The third kappa shape index (κ3) is 8.70. The Morgan fingerprint density at radius 3 is 1.67 bits per heavy atom. The molecule has 21 heavy (non-hydrogen) atoms. The van der Waals surface area contributed by atoms with Crippen molar-refractivity contribution in [2.45, 2.75) is 51.3 Å². The Labute approximate surface area is 127 Å². The highest BCUT2D eigenvalue weighted by molar-refractivity contribution is 4.69. The molecule has 0 amide bonds. The third-order valence-electron chi connectivity index (χ3n) is 3.26. The van der Waals surface area contributed by atoms with Crippen LogP contribution in [0.2, 0.25) is 0 Å². The number of hydrogen-bond acceptors (Lipinski definition) is 6. The highest BCUT2D eigenvalue weighted by atomic mass is 16.6. The summed E-state index contributed by atoms with van der Waals surface area (Å²) >= 11 is 0. The fourth-order valence-corrected chi connectivity index (χ4v) is 1.72. The van der Waals surface area contributed by atoms with Gasteiger partial charge in [-0.25, -0.2) is 0 Å². The van der Waals surface area contributed by atoms with Crippen LogP contribution < -0.4 is 0 Å². The molecule has 0 aromatic heterocycles. The summed E-state index contributed by atoms with van der Waals surface area (Å²) in [5, 5.41) is 0. The van der Waals surface area contributed by atoms with Crippen molar-refractivity contribution in [1.82, 2.24) is 0 Å². The zero-order valence-corrected chi connectivity index (χ0v) is 13.3. The van der Waals surface area contributed by atoms with Gasteiger partial charge in [0.2, 0.25) is 0 Å². The van der Waals surface area contributed by atoms with E-state index >= 15 is 0 Å². The van der Waals surface area contributed by atoms with Crippen LogP contribution in [0.15, 0.2) is 0 Å². The van der Waals surface area contributed by atoms with E-state index in [4.69, 9.17) is 28.4 Å². The number of epoxide rings is 2. The van der Waals surface area contributed by atoms with E-state index in [0.29, 0.717) is 45.2 Å². The van der Waals surface area contributed by atoms with E-state index in [-0.39, 0.29) is 18.3 Å². The molecule has 0 spiro atoms. The van der Waals surface area contributed by atoms with Crippen molar-refractivity contribution < 1.29 is 28.4 Å². The van der Waals surface area contributed by atoms with Crippen LogP contribution >= 0.6 is 0 Å². The van der Waals surface area contributed by atoms with Gasteiger partial charge in [0.15, 0.2) is 0 Å². The van der Waals surface area contributed by atoms with E-state index in [0.717, 1.165) is 13.2 Å². The molecule has 0 aliphatic carbocycles. The van der Waals surface area contributed by atoms with Crippen molar-refractivity contribution in [3.05, 3.63) is 0 Å². The largest absolute Gasteiger partial charge is 0.376 e. The summed E-state index contributed by atoms with van der Waals surface area (Å²) in [5.41, 5.74) is 0. The van der Waals surface area contributed by atoms with Gasteiger partial charge in [-0.3, -0.25) is 0 Å². The summed E-state index contributed by atoms with van der Waals surface area (Å²) in [6.45, 7) is 10.7. The van der Waals surface area contributed by atoms with Crippen LogP contribution in [0.4, 0.5) is 0 Å². The molecule has 6 nitrogen and oxygen atoms in total. The molecule has 5 atom stereocenters. The Bertz CT molecular complexity index is 279. The number of ether oxygens (including phenoxy) is 6. The molecular formula is C15H28O6. The molecular weight excluding hydrogens is 276 g/mol. The molecule has 124 valence electrons. The van der Waals surface area contributed by atoms with E-state index < -0.39 is 0 Å². The normalized spacial score (nSPS) is 28.1. The van der Waals surface area contributed by atoms with Gasteiger partial charge in [0.1, 0.15) is 12.2 Å². The second-order valence-corrected chi connectivity index (χ2v) is 5.88. The Balaban J connectivity index is 1.39. The average Bonchev–Trinajstić information content (AvgIpc) is 3.35. The first kappa shape index (κ1) is 17.1. The zero-order chi connectivity index (χ0) is 15.1. The van der Waals surface area contributed by atoms with E-state index in [9.17, 15) is 0 Å². The average molecular weight is 304 g/mol. The zero-order valence-electron chi connectivity index (χ0n) is 13.3. The van der Waals surface area contributed by atoms with Gasteiger partial charge in [0.05, 0.1) is 64.6 Å². The molecule has 2 heterocycles. The second-order valence-electron chi connectivity index (χ2n) is 5.88. The first-order valence-electron chi connectivity index (χ1n) is 7.79. The highest BCUT2D eigenvalue weighted by Gasteiger charge is 2.24. The van der Waals surface area contributed by atoms with Crippen molar-refractivity contribution >= 4 is 0 Å². The molecule has 5 unspecified atom stereocenters. The van der Waals surface area contributed by atoms with Gasteiger partial charge < -0.3 is 28.4 Å². The molecule has 0 radical (unpaired) electrons. The third-order valence-corrected chi connectivity index (χ3v) is 3.26. The Morgan fingerprint density at radius 2 is 1.19 bits per heavy atom. The second kappa shape index (κ2) is 9.02. The summed E-state index contributed by atoms with van der Waals surface area (Å²) in [6.07, 6.45) is 0.819. The van der Waals surface area contributed by atoms with Crippen LogP contribution in [0.25, 0.3) is 0 Å². The van der Waals surface area contributed by atoms with E-state index in [1.54, 1.807) is 0 Å². The number of hydrogen-bond donors (Lipinski definition) is 0. The molecule has 0 saturated carbocycles. The van der Waals surface area contributed by atoms with Gasteiger partial charge in [0, 0.05) is 0 Å². The summed E-state index contributed by atoms with van der Waals surface area (Å²) in [4.78, 5) is 0. The Hall–Kier alpha value is -0.240. The van der Waals surface area contributed by atoms with E-state index in [2.05, 4.69) is 0 Å². The number of rotatable bonds is 13. The first-order valence-corrected chi connectivity index (χ1v) is 7.79. The van der Waals surface area contributed by atoms with Crippen molar-refractivity contribution in [2.24, 2.45) is 0 Å². The molecule has 2 saturated heterocycles. The minimum Gasteiger partial charge on any atom is -0.376 e. The van der Waals surface area contributed by atoms with Crippen LogP contribution in [-0.2, 0) is 28.4 Å². The summed E-state index contributed by atoms with van der Waals surface area (Å²) in [5.74, 6) is 0. The van der Waals surface area contributed by atoms with Gasteiger partial charge in [0.25, 0.3) is 0 Å².